The average Bonchev–Trinajstić information content (AvgIpc) is 3.26. The maximum Gasteiger partial charge on any atom is 0.243 e. The van der Waals surface area contributed by atoms with E-state index < -0.39 is 10.0 Å². The molecule has 1 saturated heterocycles. The monoisotopic (exact) mass is 466 g/mol. The molecule has 1 aromatic heterocycles. The van der Waals surface area contributed by atoms with Crippen LogP contribution in [0.25, 0.3) is 0 Å². The molecule has 0 unspecified atom stereocenters. The van der Waals surface area contributed by atoms with Crippen LogP contribution in [0.5, 0.6) is 0 Å². The number of hydrogen-bond donors (Lipinski definition) is 1. The minimum absolute atomic E-state index is 0.106. The summed E-state index contributed by atoms with van der Waals surface area (Å²) in [7, 11) is -3.43. The van der Waals surface area contributed by atoms with Crippen molar-refractivity contribution in [2.24, 2.45) is 0 Å². The molecular formula is C25H30N4O3S. The van der Waals surface area contributed by atoms with Gasteiger partial charge in [0.05, 0.1) is 17.6 Å². The second-order valence-electron chi connectivity index (χ2n) is 8.52. The van der Waals surface area contributed by atoms with Crippen LogP contribution in [0.1, 0.15) is 42.4 Å². The highest BCUT2D eigenvalue weighted by atomic mass is 32.2. The maximum atomic E-state index is 12.8. The largest absolute Gasteiger partial charge is 0.311 e. The molecule has 0 spiro atoms. The van der Waals surface area contributed by atoms with Gasteiger partial charge in [-0.15, -0.1) is 0 Å². The normalized spacial score (nSPS) is 14.8. The van der Waals surface area contributed by atoms with Gasteiger partial charge in [0.15, 0.2) is 0 Å². The number of rotatable bonds is 8. The topological polar surface area (TPSA) is 84.3 Å². The molecule has 1 amide bonds. The van der Waals surface area contributed by atoms with Gasteiger partial charge in [0.25, 0.3) is 0 Å². The lowest BCUT2D eigenvalue weighted by molar-refractivity contribution is -0.116. The van der Waals surface area contributed by atoms with Crippen molar-refractivity contribution >= 4 is 21.7 Å². The minimum atomic E-state index is -3.43. The molecule has 2 heterocycles. The molecule has 1 N–H and O–H groups in total. The average molecular weight is 467 g/mol. The first-order valence-corrected chi connectivity index (χ1v) is 12.8. The quantitative estimate of drug-likeness (QED) is 0.544. The van der Waals surface area contributed by atoms with Crippen LogP contribution in [0.3, 0.4) is 0 Å². The fourth-order valence-corrected chi connectivity index (χ4v) is 5.49. The van der Waals surface area contributed by atoms with Crippen LogP contribution in [-0.4, -0.2) is 41.5 Å². The molecule has 0 radical (unpaired) electrons. The highest BCUT2D eigenvalue weighted by Gasteiger charge is 2.25. The Morgan fingerprint density at radius 1 is 0.939 bits per heavy atom. The van der Waals surface area contributed by atoms with Gasteiger partial charge in [-0.25, -0.2) is 13.1 Å². The Morgan fingerprint density at radius 2 is 1.61 bits per heavy atom. The van der Waals surface area contributed by atoms with Crippen molar-refractivity contribution in [3.8, 4) is 0 Å². The zero-order valence-corrected chi connectivity index (χ0v) is 19.7. The van der Waals surface area contributed by atoms with Gasteiger partial charge in [-0.1, -0.05) is 48.4 Å². The van der Waals surface area contributed by atoms with Crippen LogP contribution < -0.4 is 5.32 Å². The lowest BCUT2D eigenvalue weighted by Gasteiger charge is -2.25. The molecule has 7 nitrogen and oxygen atoms in total. The summed E-state index contributed by atoms with van der Waals surface area (Å²) in [5.74, 6) is 0.550. The van der Waals surface area contributed by atoms with E-state index in [0.717, 1.165) is 30.4 Å². The summed E-state index contributed by atoms with van der Waals surface area (Å²) in [5.41, 5.74) is 3.24. The molecule has 33 heavy (non-hydrogen) atoms. The number of amides is 1. The first-order chi connectivity index (χ1) is 15.9. The van der Waals surface area contributed by atoms with Crippen molar-refractivity contribution in [1.29, 1.82) is 0 Å². The molecule has 3 aromatic rings. The predicted octanol–water partition coefficient (Wildman–Crippen LogP) is 3.99. The van der Waals surface area contributed by atoms with E-state index >= 15 is 0 Å². The Bertz CT molecular complexity index is 1180. The fourth-order valence-electron chi connectivity index (χ4n) is 3.98. The summed E-state index contributed by atoms with van der Waals surface area (Å²) >= 11 is 0. The van der Waals surface area contributed by atoms with Crippen molar-refractivity contribution < 1.29 is 13.2 Å². The Hall–Kier alpha value is -2.97. The van der Waals surface area contributed by atoms with Crippen molar-refractivity contribution in [3.05, 3.63) is 77.5 Å². The van der Waals surface area contributed by atoms with Crippen molar-refractivity contribution in [2.75, 3.05) is 18.4 Å². The highest BCUT2D eigenvalue weighted by molar-refractivity contribution is 7.89. The van der Waals surface area contributed by atoms with Gasteiger partial charge in [0.1, 0.15) is 5.82 Å². The smallest absolute Gasteiger partial charge is 0.243 e. The van der Waals surface area contributed by atoms with E-state index in [-0.39, 0.29) is 5.91 Å². The highest BCUT2D eigenvalue weighted by Crippen LogP contribution is 2.21. The van der Waals surface area contributed by atoms with E-state index in [1.54, 1.807) is 45.5 Å². The predicted molar refractivity (Wildman–Crippen MR) is 129 cm³/mol. The Morgan fingerprint density at radius 3 is 2.30 bits per heavy atom. The first-order valence-electron chi connectivity index (χ1n) is 11.4. The van der Waals surface area contributed by atoms with Crippen molar-refractivity contribution in [2.45, 2.75) is 50.5 Å². The number of aryl methyl sites for hydroxylation is 2. The van der Waals surface area contributed by atoms with Crippen molar-refractivity contribution in [3.63, 3.8) is 0 Å². The third-order valence-electron chi connectivity index (χ3n) is 5.95. The molecule has 1 aliphatic heterocycles. The Labute approximate surface area is 195 Å². The third-order valence-corrected chi connectivity index (χ3v) is 7.87. The number of benzene rings is 2. The number of aromatic nitrogens is 2. The zero-order chi connectivity index (χ0) is 23.3. The van der Waals surface area contributed by atoms with Gasteiger partial charge in [0, 0.05) is 25.6 Å². The SMILES string of the molecule is Cc1ccc(Cn2nccc2NC(=O)CCc2ccc(S(=O)(=O)N3CCCCC3)cc2)cc1. The number of anilines is 1. The first kappa shape index (κ1) is 23.2. The van der Waals surface area contributed by atoms with Gasteiger partial charge in [-0.2, -0.15) is 9.40 Å². The minimum Gasteiger partial charge on any atom is -0.311 e. The van der Waals surface area contributed by atoms with Crippen LogP contribution in [0.15, 0.2) is 65.7 Å². The van der Waals surface area contributed by atoms with E-state index in [4.69, 9.17) is 0 Å². The van der Waals surface area contributed by atoms with E-state index in [0.29, 0.717) is 43.2 Å². The Balaban J connectivity index is 1.31. The van der Waals surface area contributed by atoms with Crippen LogP contribution in [-0.2, 0) is 27.8 Å². The number of sulfonamides is 1. The lowest BCUT2D eigenvalue weighted by Crippen LogP contribution is -2.35. The molecule has 0 atom stereocenters. The molecule has 8 heteroatoms. The van der Waals surface area contributed by atoms with Gasteiger partial charge < -0.3 is 5.32 Å². The molecule has 174 valence electrons. The lowest BCUT2D eigenvalue weighted by atomic mass is 10.1. The summed E-state index contributed by atoms with van der Waals surface area (Å²) in [4.78, 5) is 12.8. The van der Waals surface area contributed by atoms with Crippen LogP contribution >= 0.6 is 0 Å². The van der Waals surface area contributed by atoms with Crippen molar-refractivity contribution in [1.82, 2.24) is 14.1 Å². The second kappa shape index (κ2) is 10.3. The van der Waals surface area contributed by atoms with E-state index in [1.165, 1.54) is 5.56 Å². The number of carbonyl (C=O) groups excluding carboxylic acids is 1. The fraction of sp³-hybridized carbons (Fsp3) is 0.360. The standard InChI is InChI=1S/C25H30N4O3S/c1-20-5-7-22(8-6-20)19-29-24(15-16-26-29)27-25(30)14-11-21-9-12-23(13-10-21)33(31,32)28-17-3-2-4-18-28/h5-10,12-13,15-16H,2-4,11,14,17-19H2,1H3,(H,27,30). The molecule has 0 bridgehead atoms. The van der Waals surface area contributed by atoms with E-state index in [9.17, 15) is 13.2 Å². The number of carbonyl (C=O) groups is 1. The molecule has 0 aliphatic carbocycles. The number of nitrogens with one attached hydrogen (secondary N) is 1. The molecule has 4 rings (SSSR count). The zero-order valence-electron chi connectivity index (χ0n) is 18.9. The van der Waals surface area contributed by atoms with Gasteiger partial charge in [0.2, 0.25) is 15.9 Å². The molecule has 1 fully saturated rings. The van der Waals surface area contributed by atoms with Crippen LogP contribution in [0, 0.1) is 6.92 Å². The van der Waals surface area contributed by atoms with Crippen LogP contribution in [0.4, 0.5) is 5.82 Å². The van der Waals surface area contributed by atoms with Gasteiger partial charge in [-0.05, 0) is 49.4 Å². The summed E-state index contributed by atoms with van der Waals surface area (Å²) in [6, 6.07) is 16.9. The van der Waals surface area contributed by atoms with Gasteiger partial charge in [-0.3, -0.25) is 4.79 Å². The maximum absolute atomic E-state index is 12.8. The summed E-state index contributed by atoms with van der Waals surface area (Å²) in [6.45, 7) is 3.80. The van der Waals surface area contributed by atoms with E-state index in [1.807, 2.05) is 6.92 Å². The summed E-state index contributed by atoms with van der Waals surface area (Å²) in [6.07, 6.45) is 5.41. The number of piperidine rings is 1. The third kappa shape index (κ3) is 5.89. The number of hydrogen-bond acceptors (Lipinski definition) is 4. The molecule has 2 aromatic carbocycles. The summed E-state index contributed by atoms with van der Waals surface area (Å²) in [5, 5.41) is 7.25. The molecular weight excluding hydrogens is 436 g/mol. The molecule has 0 saturated carbocycles. The number of nitrogens with zero attached hydrogens (tertiary/aromatic N) is 3. The molecule has 1 aliphatic rings. The Kier molecular flexibility index (Phi) is 7.25. The van der Waals surface area contributed by atoms with Crippen LogP contribution in [0.2, 0.25) is 0 Å². The summed E-state index contributed by atoms with van der Waals surface area (Å²) < 4.78 is 28.9. The van der Waals surface area contributed by atoms with Gasteiger partial charge >= 0.3 is 0 Å². The van der Waals surface area contributed by atoms with E-state index in [2.05, 4.69) is 34.7 Å². The second-order valence-corrected chi connectivity index (χ2v) is 10.5.